The van der Waals surface area contributed by atoms with Crippen molar-refractivity contribution in [2.24, 2.45) is 0 Å². The van der Waals surface area contributed by atoms with Gasteiger partial charge in [-0.05, 0) is 40.7 Å². The smallest absolute Gasteiger partial charge is 0.410 e. The number of rotatable bonds is 4. The molecule has 1 aliphatic rings. The largest absolute Gasteiger partial charge is 0.444 e. The van der Waals surface area contributed by atoms with Gasteiger partial charge in [0.2, 0.25) is 0 Å². The molecule has 112 valence electrons. The Morgan fingerprint density at radius 3 is 2.53 bits per heavy atom. The summed E-state index contributed by atoms with van der Waals surface area (Å²) < 4.78 is 10.8. The average molecular weight is 272 g/mol. The molecule has 5 heteroatoms. The minimum absolute atomic E-state index is 0.195. The van der Waals surface area contributed by atoms with Gasteiger partial charge < -0.3 is 14.4 Å². The minimum atomic E-state index is -0.419. The van der Waals surface area contributed by atoms with E-state index < -0.39 is 5.60 Å². The number of carbonyl (C=O) groups is 1. The molecular formula is C14H28N2O3. The average Bonchev–Trinajstić information content (AvgIpc) is 2.53. The Labute approximate surface area is 116 Å². The third-order valence-electron chi connectivity index (χ3n) is 3.00. The van der Waals surface area contributed by atoms with Gasteiger partial charge >= 0.3 is 6.09 Å². The van der Waals surface area contributed by atoms with Crippen LogP contribution in [0.5, 0.6) is 0 Å². The Bertz CT molecular complexity index is 276. The maximum Gasteiger partial charge on any atom is 0.410 e. The van der Waals surface area contributed by atoms with Crippen LogP contribution in [0.1, 0.15) is 34.1 Å². The van der Waals surface area contributed by atoms with Gasteiger partial charge in [-0.25, -0.2) is 4.79 Å². The first kappa shape index (κ1) is 16.2. The molecule has 0 aliphatic carbocycles. The highest BCUT2D eigenvalue weighted by atomic mass is 16.6. The van der Waals surface area contributed by atoms with Crippen molar-refractivity contribution in [3.63, 3.8) is 0 Å². The standard InChI is InChI=1S/C14H28N2O3/c1-5-18-12-11-15-7-6-8-16(10-9-15)13(17)19-14(2,3)4/h5-12H2,1-4H3. The van der Waals surface area contributed by atoms with Crippen LogP contribution in [0.25, 0.3) is 0 Å². The van der Waals surface area contributed by atoms with E-state index in [2.05, 4.69) is 4.90 Å². The third-order valence-corrected chi connectivity index (χ3v) is 3.00. The molecular weight excluding hydrogens is 244 g/mol. The highest BCUT2D eigenvalue weighted by Crippen LogP contribution is 2.12. The first-order valence-electron chi connectivity index (χ1n) is 7.20. The molecule has 0 aromatic rings. The summed E-state index contributed by atoms with van der Waals surface area (Å²) in [5.41, 5.74) is -0.419. The van der Waals surface area contributed by atoms with Crippen molar-refractivity contribution in [2.75, 3.05) is 45.9 Å². The zero-order valence-electron chi connectivity index (χ0n) is 12.8. The van der Waals surface area contributed by atoms with Gasteiger partial charge in [0.1, 0.15) is 5.60 Å². The lowest BCUT2D eigenvalue weighted by atomic mass is 10.2. The van der Waals surface area contributed by atoms with E-state index in [0.717, 1.165) is 52.4 Å². The van der Waals surface area contributed by atoms with E-state index in [4.69, 9.17) is 9.47 Å². The van der Waals surface area contributed by atoms with E-state index in [1.807, 2.05) is 32.6 Å². The van der Waals surface area contributed by atoms with Gasteiger partial charge in [-0.2, -0.15) is 0 Å². The molecule has 0 spiro atoms. The van der Waals surface area contributed by atoms with Crippen LogP contribution in [0.2, 0.25) is 0 Å². The topological polar surface area (TPSA) is 42.0 Å². The van der Waals surface area contributed by atoms with Gasteiger partial charge in [-0.1, -0.05) is 0 Å². The van der Waals surface area contributed by atoms with E-state index >= 15 is 0 Å². The molecule has 0 N–H and O–H groups in total. The van der Waals surface area contributed by atoms with Crippen molar-refractivity contribution in [1.82, 2.24) is 9.80 Å². The molecule has 1 amide bonds. The Morgan fingerprint density at radius 2 is 1.89 bits per heavy atom. The highest BCUT2D eigenvalue weighted by molar-refractivity contribution is 5.68. The first-order valence-corrected chi connectivity index (χ1v) is 7.20. The molecule has 19 heavy (non-hydrogen) atoms. The predicted molar refractivity (Wildman–Crippen MR) is 75.4 cm³/mol. The molecule has 0 radical (unpaired) electrons. The number of nitrogens with zero attached hydrogens (tertiary/aromatic N) is 2. The van der Waals surface area contributed by atoms with Crippen LogP contribution in [-0.4, -0.2) is 67.4 Å². The van der Waals surface area contributed by atoms with Gasteiger partial charge in [-0.3, -0.25) is 4.90 Å². The summed E-state index contributed by atoms with van der Waals surface area (Å²) in [6.07, 6.45) is 0.796. The van der Waals surface area contributed by atoms with Crippen molar-refractivity contribution in [1.29, 1.82) is 0 Å². The van der Waals surface area contributed by atoms with E-state index in [9.17, 15) is 4.79 Å². The third kappa shape index (κ3) is 6.78. The molecule has 0 unspecified atom stereocenters. The maximum atomic E-state index is 12.0. The SMILES string of the molecule is CCOCCN1CCCN(C(=O)OC(C)(C)C)CC1. The monoisotopic (exact) mass is 272 g/mol. The summed E-state index contributed by atoms with van der Waals surface area (Å²) in [4.78, 5) is 16.2. The maximum absolute atomic E-state index is 12.0. The Hall–Kier alpha value is -0.810. The lowest BCUT2D eigenvalue weighted by Gasteiger charge is -2.26. The zero-order valence-corrected chi connectivity index (χ0v) is 12.8. The molecule has 5 nitrogen and oxygen atoms in total. The number of carbonyl (C=O) groups excluding carboxylic acids is 1. The normalized spacial score (nSPS) is 18.2. The van der Waals surface area contributed by atoms with Crippen LogP contribution in [-0.2, 0) is 9.47 Å². The summed E-state index contributed by atoms with van der Waals surface area (Å²) >= 11 is 0. The van der Waals surface area contributed by atoms with Gasteiger partial charge in [0, 0.05) is 32.8 Å². The molecule has 1 fully saturated rings. The minimum Gasteiger partial charge on any atom is -0.444 e. The number of hydrogen-bond acceptors (Lipinski definition) is 4. The summed E-state index contributed by atoms with van der Waals surface area (Å²) in [6.45, 7) is 13.6. The molecule has 1 rings (SSSR count). The molecule has 1 heterocycles. The molecule has 1 saturated heterocycles. The first-order chi connectivity index (χ1) is 8.92. The fraction of sp³-hybridized carbons (Fsp3) is 0.929. The van der Waals surface area contributed by atoms with Crippen LogP contribution in [0.4, 0.5) is 4.79 Å². The lowest BCUT2D eigenvalue weighted by Crippen LogP contribution is -2.39. The second-order valence-corrected chi connectivity index (χ2v) is 5.86. The van der Waals surface area contributed by atoms with Gasteiger partial charge in [-0.15, -0.1) is 0 Å². The quantitative estimate of drug-likeness (QED) is 0.734. The summed E-state index contributed by atoms with van der Waals surface area (Å²) in [5.74, 6) is 0. The molecule has 1 aliphatic heterocycles. The van der Waals surface area contributed by atoms with Crippen LogP contribution >= 0.6 is 0 Å². The number of ether oxygens (including phenoxy) is 2. The molecule has 0 aromatic carbocycles. The Balaban J connectivity index is 2.34. The fourth-order valence-electron chi connectivity index (χ4n) is 2.04. The summed E-state index contributed by atoms with van der Waals surface area (Å²) in [6, 6.07) is 0. The van der Waals surface area contributed by atoms with Crippen LogP contribution < -0.4 is 0 Å². The van der Waals surface area contributed by atoms with Gasteiger partial charge in [0.15, 0.2) is 0 Å². The summed E-state index contributed by atoms with van der Waals surface area (Å²) in [7, 11) is 0. The number of amides is 1. The van der Waals surface area contributed by atoms with E-state index in [1.165, 1.54) is 0 Å². The lowest BCUT2D eigenvalue weighted by molar-refractivity contribution is 0.0256. The summed E-state index contributed by atoms with van der Waals surface area (Å²) in [5, 5.41) is 0. The van der Waals surface area contributed by atoms with E-state index in [1.54, 1.807) is 0 Å². The second kappa shape index (κ2) is 7.70. The Kier molecular flexibility index (Phi) is 6.58. The number of hydrogen-bond donors (Lipinski definition) is 0. The van der Waals surface area contributed by atoms with Crippen molar-refractivity contribution >= 4 is 6.09 Å². The fourth-order valence-corrected chi connectivity index (χ4v) is 2.04. The van der Waals surface area contributed by atoms with Crippen LogP contribution in [0.3, 0.4) is 0 Å². The predicted octanol–water partition coefficient (Wildman–Crippen LogP) is 1.97. The van der Waals surface area contributed by atoms with E-state index in [0.29, 0.717) is 0 Å². The van der Waals surface area contributed by atoms with E-state index in [-0.39, 0.29) is 6.09 Å². The van der Waals surface area contributed by atoms with Crippen LogP contribution in [0.15, 0.2) is 0 Å². The van der Waals surface area contributed by atoms with Crippen molar-refractivity contribution in [2.45, 2.75) is 39.7 Å². The second-order valence-electron chi connectivity index (χ2n) is 5.86. The van der Waals surface area contributed by atoms with Crippen LogP contribution in [0, 0.1) is 0 Å². The van der Waals surface area contributed by atoms with Gasteiger partial charge in [0.25, 0.3) is 0 Å². The Morgan fingerprint density at radius 1 is 1.16 bits per heavy atom. The van der Waals surface area contributed by atoms with Gasteiger partial charge in [0.05, 0.1) is 6.61 Å². The molecule has 0 atom stereocenters. The zero-order chi connectivity index (χ0) is 14.3. The highest BCUT2D eigenvalue weighted by Gasteiger charge is 2.24. The molecule has 0 aromatic heterocycles. The van der Waals surface area contributed by atoms with Crippen molar-refractivity contribution in [3.8, 4) is 0 Å². The molecule has 0 bridgehead atoms. The van der Waals surface area contributed by atoms with Crippen molar-refractivity contribution < 1.29 is 14.3 Å². The van der Waals surface area contributed by atoms with Crippen molar-refractivity contribution in [3.05, 3.63) is 0 Å². The molecule has 0 saturated carbocycles.